The first-order valence-corrected chi connectivity index (χ1v) is 8.35. The van der Waals surface area contributed by atoms with Crippen molar-refractivity contribution in [2.24, 2.45) is 0 Å². The summed E-state index contributed by atoms with van der Waals surface area (Å²) in [5.41, 5.74) is 4.02. The van der Waals surface area contributed by atoms with Crippen molar-refractivity contribution in [3.8, 4) is 11.8 Å². The van der Waals surface area contributed by atoms with Crippen molar-refractivity contribution in [2.75, 3.05) is 5.32 Å². The maximum absolute atomic E-state index is 12.7. The van der Waals surface area contributed by atoms with Crippen LogP contribution >= 0.6 is 0 Å². The lowest BCUT2D eigenvalue weighted by Crippen LogP contribution is -2.15. The third-order valence-electron chi connectivity index (χ3n) is 4.68. The van der Waals surface area contributed by atoms with Gasteiger partial charge in [0.1, 0.15) is 12.2 Å². The van der Waals surface area contributed by atoms with Crippen molar-refractivity contribution < 1.29 is 4.79 Å². The number of carbonyl (C=O) groups is 1. The Morgan fingerprint density at radius 2 is 1.96 bits per heavy atom. The Morgan fingerprint density at radius 3 is 2.78 bits per heavy atom. The average molecular weight is 352 g/mol. The summed E-state index contributed by atoms with van der Waals surface area (Å²) in [6.45, 7) is 0. The number of nitriles is 1. The molecule has 27 heavy (non-hydrogen) atoms. The standard InChI is InChI=1S/C20H12N6O/c21-9-12-6-7-16-14(8-12)17(20(27)25-16)18-15-10-24-26(19(15)23-11-22-18)13-4-2-1-3-5-13/h1-8,10-11,17H,(H,25,27). The second-order valence-electron chi connectivity index (χ2n) is 6.22. The molecule has 128 valence electrons. The van der Waals surface area contributed by atoms with Gasteiger partial charge in [-0.25, -0.2) is 14.6 Å². The van der Waals surface area contributed by atoms with Crippen molar-refractivity contribution in [2.45, 2.75) is 5.92 Å². The zero-order valence-electron chi connectivity index (χ0n) is 14.0. The van der Waals surface area contributed by atoms with E-state index in [0.717, 1.165) is 11.3 Å². The first-order valence-electron chi connectivity index (χ1n) is 8.35. The van der Waals surface area contributed by atoms with Crippen LogP contribution in [0.5, 0.6) is 0 Å². The van der Waals surface area contributed by atoms with Crippen molar-refractivity contribution in [1.82, 2.24) is 19.7 Å². The highest BCUT2D eigenvalue weighted by atomic mass is 16.2. The Bertz CT molecular complexity index is 1240. The Labute approximate surface area is 153 Å². The average Bonchev–Trinajstić information content (AvgIpc) is 3.28. The van der Waals surface area contributed by atoms with Crippen molar-refractivity contribution in [3.05, 3.63) is 77.9 Å². The van der Waals surface area contributed by atoms with Crippen LogP contribution in [0.2, 0.25) is 0 Å². The molecule has 1 unspecified atom stereocenters. The van der Waals surface area contributed by atoms with Gasteiger partial charge in [-0.2, -0.15) is 10.4 Å². The van der Waals surface area contributed by atoms with E-state index in [4.69, 9.17) is 0 Å². The Balaban J connectivity index is 1.71. The molecule has 3 heterocycles. The predicted octanol–water partition coefficient (Wildman–Crippen LogP) is 2.77. The highest BCUT2D eigenvalue weighted by Gasteiger charge is 2.35. The number of hydrogen-bond donors (Lipinski definition) is 1. The van der Waals surface area contributed by atoms with Crippen LogP contribution in [-0.2, 0) is 4.79 Å². The van der Waals surface area contributed by atoms with Gasteiger partial charge < -0.3 is 5.32 Å². The number of nitrogens with one attached hydrogen (secondary N) is 1. The lowest BCUT2D eigenvalue weighted by atomic mass is 9.94. The van der Waals surface area contributed by atoms with E-state index in [1.165, 1.54) is 6.33 Å². The summed E-state index contributed by atoms with van der Waals surface area (Å²) in [5.74, 6) is -0.778. The van der Waals surface area contributed by atoms with Crippen LogP contribution in [0.15, 0.2) is 61.1 Å². The molecule has 1 N–H and O–H groups in total. The molecule has 0 bridgehead atoms. The van der Waals surface area contributed by atoms with Crippen LogP contribution in [0.25, 0.3) is 16.7 Å². The fourth-order valence-corrected chi connectivity index (χ4v) is 3.45. The monoisotopic (exact) mass is 352 g/mol. The van der Waals surface area contributed by atoms with E-state index < -0.39 is 5.92 Å². The van der Waals surface area contributed by atoms with Gasteiger partial charge in [0, 0.05) is 5.69 Å². The van der Waals surface area contributed by atoms with Gasteiger partial charge in [-0.1, -0.05) is 18.2 Å². The minimum absolute atomic E-state index is 0.174. The lowest BCUT2D eigenvalue weighted by molar-refractivity contribution is -0.116. The SMILES string of the molecule is N#Cc1ccc2c(c1)C(c1ncnc3c1cnn3-c1ccccc1)C(=O)N2. The Hall–Kier alpha value is -4.05. The van der Waals surface area contributed by atoms with Gasteiger partial charge in [0.2, 0.25) is 5.91 Å². The fourth-order valence-electron chi connectivity index (χ4n) is 3.45. The maximum Gasteiger partial charge on any atom is 0.238 e. The summed E-state index contributed by atoms with van der Waals surface area (Å²) in [5, 5.41) is 17.2. The summed E-state index contributed by atoms with van der Waals surface area (Å²) in [4.78, 5) is 21.4. The third kappa shape index (κ3) is 2.28. The summed E-state index contributed by atoms with van der Waals surface area (Å²) >= 11 is 0. The molecule has 1 amide bonds. The number of aromatic nitrogens is 4. The summed E-state index contributed by atoms with van der Waals surface area (Å²) < 4.78 is 1.72. The van der Waals surface area contributed by atoms with E-state index in [1.807, 2.05) is 30.3 Å². The molecule has 1 aliphatic rings. The topological polar surface area (TPSA) is 96.5 Å². The molecular weight excluding hydrogens is 340 g/mol. The predicted molar refractivity (Wildman–Crippen MR) is 98.3 cm³/mol. The summed E-state index contributed by atoms with van der Waals surface area (Å²) in [7, 11) is 0. The van der Waals surface area contributed by atoms with Gasteiger partial charge in [-0.3, -0.25) is 4.79 Å². The number of carbonyl (C=O) groups excluding carboxylic acids is 1. The second-order valence-corrected chi connectivity index (χ2v) is 6.22. The van der Waals surface area contributed by atoms with Gasteiger partial charge in [-0.15, -0.1) is 0 Å². The first kappa shape index (κ1) is 15.2. The van der Waals surface area contributed by atoms with Gasteiger partial charge in [0.05, 0.1) is 34.6 Å². The molecule has 1 aliphatic heterocycles. The fraction of sp³-hybridized carbons (Fsp3) is 0.0500. The number of amides is 1. The Morgan fingerprint density at radius 1 is 1.11 bits per heavy atom. The van der Waals surface area contributed by atoms with E-state index in [1.54, 1.807) is 29.1 Å². The van der Waals surface area contributed by atoms with Gasteiger partial charge in [0.15, 0.2) is 5.65 Å². The third-order valence-corrected chi connectivity index (χ3v) is 4.68. The molecule has 5 rings (SSSR count). The first-order chi connectivity index (χ1) is 13.3. The van der Waals surface area contributed by atoms with Gasteiger partial charge in [-0.05, 0) is 35.9 Å². The number of rotatable bonds is 2. The molecule has 2 aromatic heterocycles. The quantitative estimate of drug-likeness (QED) is 0.598. The lowest BCUT2D eigenvalue weighted by Gasteiger charge is -2.10. The molecule has 0 fully saturated rings. The molecule has 7 nitrogen and oxygen atoms in total. The van der Waals surface area contributed by atoms with Crippen molar-refractivity contribution in [3.63, 3.8) is 0 Å². The highest BCUT2D eigenvalue weighted by molar-refractivity contribution is 6.06. The minimum atomic E-state index is -0.604. The molecular formula is C20H12N6O. The number of benzene rings is 2. The van der Waals surface area contributed by atoms with E-state index >= 15 is 0 Å². The molecule has 1 atom stereocenters. The largest absolute Gasteiger partial charge is 0.325 e. The maximum atomic E-state index is 12.7. The smallest absolute Gasteiger partial charge is 0.238 e. The molecule has 0 spiro atoms. The van der Waals surface area contributed by atoms with E-state index in [9.17, 15) is 10.1 Å². The molecule has 0 saturated carbocycles. The number of hydrogen-bond acceptors (Lipinski definition) is 5. The van der Waals surface area contributed by atoms with Crippen LogP contribution in [0.3, 0.4) is 0 Å². The zero-order chi connectivity index (χ0) is 18.4. The normalized spacial score (nSPS) is 15.4. The van der Waals surface area contributed by atoms with Crippen LogP contribution in [-0.4, -0.2) is 25.7 Å². The zero-order valence-corrected chi connectivity index (χ0v) is 14.0. The number of fused-ring (bicyclic) bond motifs is 2. The van der Waals surface area contributed by atoms with Crippen LogP contribution in [0, 0.1) is 11.3 Å². The van der Waals surface area contributed by atoms with E-state index in [-0.39, 0.29) is 5.91 Å². The van der Waals surface area contributed by atoms with Crippen LogP contribution in [0.1, 0.15) is 22.7 Å². The molecule has 0 aliphatic carbocycles. The van der Waals surface area contributed by atoms with E-state index in [2.05, 4.69) is 26.5 Å². The highest BCUT2D eigenvalue weighted by Crippen LogP contribution is 2.39. The van der Waals surface area contributed by atoms with Gasteiger partial charge >= 0.3 is 0 Å². The molecule has 4 aromatic rings. The summed E-state index contributed by atoms with van der Waals surface area (Å²) in [6, 6.07) is 16.9. The van der Waals surface area contributed by atoms with Crippen LogP contribution < -0.4 is 5.32 Å². The minimum Gasteiger partial charge on any atom is -0.325 e. The molecule has 0 saturated heterocycles. The second kappa shape index (κ2) is 5.75. The van der Waals surface area contributed by atoms with Crippen molar-refractivity contribution in [1.29, 1.82) is 5.26 Å². The molecule has 2 aromatic carbocycles. The molecule has 7 heteroatoms. The van der Waals surface area contributed by atoms with Crippen molar-refractivity contribution >= 4 is 22.6 Å². The number of para-hydroxylation sites is 1. The molecule has 0 radical (unpaired) electrons. The number of anilines is 1. The number of nitrogens with zero attached hydrogens (tertiary/aromatic N) is 5. The van der Waals surface area contributed by atoms with E-state index in [0.29, 0.717) is 28.0 Å². The van der Waals surface area contributed by atoms with Gasteiger partial charge in [0.25, 0.3) is 0 Å². The summed E-state index contributed by atoms with van der Waals surface area (Å²) in [6.07, 6.45) is 3.12. The Kier molecular flexibility index (Phi) is 3.24. The van der Waals surface area contributed by atoms with Crippen LogP contribution in [0.4, 0.5) is 5.69 Å².